The van der Waals surface area contributed by atoms with Crippen molar-refractivity contribution in [2.45, 2.75) is 6.42 Å². The van der Waals surface area contributed by atoms with Crippen molar-refractivity contribution >= 4 is 12.3 Å². The number of rotatable bonds is 8. The molecule has 0 fully saturated rings. The van der Waals surface area contributed by atoms with Crippen LogP contribution in [0.1, 0.15) is 16.8 Å². The Bertz CT molecular complexity index is 1050. The van der Waals surface area contributed by atoms with E-state index in [2.05, 4.69) is 15.7 Å². The van der Waals surface area contributed by atoms with Crippen molar-refractivity contribution in [1.29, 1.82) is 0 Å². The van der Waals surface area contributed by atoms with Crippen LogP contribution in [0.5, 0.6) is 0 Å². The Morgan fingerprint density at radius 3 is 2.24 bits per heavy atom. The Balaban J connectivity index is 2.11. The number of benzene rings is 2. The summed E-state index contributed by atoms with van der Waals surface area (Å²) >= 11 is 0. The maximum Gasteiger partial charge on any atom is 0.280 e. The number of amides is 2. The number of nitrogens with one attached hydrogen (secondary N) is 2. The molecule has 0 aliphatic heterocycles. The van der Waals surface area contributed by atoms with E-state index in [0.29, 0.717) is 37.2 Å². The topological polar surface area (TPSA) is 93.1 Å². The summed E-state index contributed by atoms with van der Waals surface area (Å²) in [6.45, 7) is 0.777. The van der Waals surface area contributed by atoms with Gasteiger partial charge in [0.25, 0.3) is 11.5 Å². The largest absolute Gasteiger partial charge is 0.359 e. The molecule has 29 heavy (non-hydrogen) atoms. The molecule has 0 saturated heterocycles. The van der Waals surface area contributed by atoms with Gasteiger partial charge in [-0.3, -0.25) is 14.4 Å². The number of carbonyl (C=O) groups is 2. The fourth-order valence-electron chi connectivity index (χ4n) is 3.07. The van der Waals surface area contributed by atoms with Gasteiger partial charge in [-0.15, -0.1) is 0 Å². The van der Waals surface area contributed by atoms with E-state index in [1.54, 1.807) is 0 Å². The molecule has 0 radical (unpaired) electrons. The minimum atomic E-state index is -0.466. The molecule has 148 valence electrons. The summed E-state index contributed by atoms with van der Waals surface area (Å²) in [5, 5.41) is 9.78. The maximum atomic E-state index is 13.0. The Hall–Kier alpha value is -3.74. The lowest BCUT2D eigenvalue weighted by Crippen LogP contribution is -2.35. The van der Waals surface area contributed by atoms with Gasteiger partial charge in [0.15, 0.2) is 0 Å². The molecular formula is C22H22N4O3. The predicted molar refractivity (Wildman–Crippen MR) is 111 cm³/mol. The summed E-state index contributed by atoms with van der Waals surface area (Å²) < 4.78 is 1.19. The first-order valence-electron chi connectivity index (χ1n) is 9.31. The number of hydrogen-bond donors (Lipinski definition) is 2. The van der Waals surface area contributed by atoms with Gasteiger partial charge >= 0.3 is 0 Å². The van der Waals surface area contributed by atoms with E-state index in [1.165, 1.54) is 11.7 Å². The van der Waals surface area contributed by atoms with E-state index in [4.69, 9.17) is 0 Å². The zero-order valence-corrected chi connectivity index (χ0v) is 16.1. The van der Waals surface area contributed by atoms with E-state index in [-0.39, 0.29) is 5.56 Å². The van der Waals surface area contributed by atoms with E-state index in [9.17, 15) is 14.4 Å². The van der Waals surface area contributed by atoms with Crippen LogP contribution in [-0.2, 0) is 11.8 Å². The Morgan fingerprint density at radius 2 is 1.62 bits per heavy atom. The third-order valence-electron chi connectivity index (χ3n) is 4.45. The minimum absolute atomic E-state index is 0.0518. The van der Waals surface area contributed by atoms with Gasteiger partial charge < -0.3 is 10.6 Å². The highest BCUT2D eigenvalue weighted by Crippen LogP contribution is 2.31. The highest BCUT2D eigenvalue weighted by atomic mass is 16.2. The van der Waals surface area contributed by atoms with Crippen molar-refractivity contribution in [3.8, 4) is 22.4 Å². The number of carbonyl (C=O) groups excluding carboxylic acids is 2. The van der Waals surface area contributed by atoms with Gasteiger partial charge in [0.1, 0.15) is 5.56 Å². The van der Waals surface area contributed by atoms with Crippen LogP contribution in [0.4, 0.5) is 0 Å². The predicted octanol–water partition coefficient (Wildman–Crippen LogP) is 1.98. The molecule has 2 amide bonds. The number of hydrogen-bond acceptors (Lipinski definition) is 4. The first kappa shape index (κ1) is 20.0. The Labute approximate surface area is 168 Å². The molecule has 3 aromatic rings. The van der Waals surface area contributed by atoms with Crippen molar-refractivity contribution in [2.24, 2.45) is 7.05 Å². The van der Waals surface area contributed by atoms with Crippen molar-refractivity contribution in [3.05, 3.63) is 76.6 Å². The summed E-state index contributed by atoms with van der Waals surface area (Å²) in [5.41, 5.74) is 2.20. The fraction of sp³-hybridized carbons (Fsp3) is 0.182. The van der Waals surface area contributed by atoms with Gasteiger partial charge in [-0.1, -0.05) is 60.7 Å². The van der Waals surface area contributed by atoms with Crippen molar-refractivity contribution in [2.75, 3.05) is 13.1 Å². The SMILES string of the molecule is Cn1nc(-c2ccccc2)c(-c2ccccc2)c(C(=O)NCCCNC=O)c1=O. The molecule has 1 heterocycles. The fourth-order valence-corrected chi connectivity index (χ4v) is 3.07. The van der Waals surface area contributed by atoms with Crippen LogP contribution in [0.2, 0.25) is 0 Å². The summed E-state index contributed by atoms with van der Waals surface area (Å²) in [6.07, 6.45) is 1.17. The lowest BCUT2D eigenvalue weighted by Gasteiger charge is -2.16. The third kappa shape index (κ3) is 4.57. The van der Waals surface area contributed by atoms with E-state index in [1.807, 2.05) is 60.7 Å². The maximum absolute atomic E-state index is 13.0. The molecule has 0 unspecified atom stereocenters. The Kier molecular flexibility index (Phi) is 6.52. The minimum Gasteiger partial charge on any atom is -0.359 e. The zero-order valence-electron chi connectivity index (χ0n) is 16.1. The van der Waals surface area contributed by atoms with Crippen LogP contribution in [-0.4, -0.2) is 35.2 Å². The average Bonchev–Trinajstić information content (AvgIpc) is 2.76. The summed E-state index contributed by atoms with van der Waals surface area (Å²) in [6, 6.07) is 18.8. The molecule has 0 atom stereocenters. The lowest BCUT2D eigenvalue weighted by atomic mass is 9.95. The molecule has 3 rings (SSSR count). The molecule has 2 aromatic carbocycles. The quantitative estimate of drug-likeness (QED) is 0.454. The first-order valence-corrected chi connectivity index (χ1v) is 9.31. The number of nitrogens with zero attached hydrogens (tertiary/aromatic N) is 2. The molecule has 0 aliphatic carbocycles. The van der Waals surface area contributed by atoms with Crippen LogP contribution in [0.25, 0.3) is 22.4 Å². The monoisotopic (exact) mass is 390 g/mol. The van der Waals surface area contributed by atoms with Gasteiger partial charge in [-0.2, -0.15) is 5.10 Å². The van der Waals surface area contributed by atoms with Crippen molar-refractivity contribution in [3.63, 3.8) is 0 Å². The van der Waals surface area contributed by atoms with Gasteiger partial charge in [0, 0.05) is 31.3 Å². The van der Waals surface area contributed by atoms with E-state index < -0.39 is 11.5 Å². The summed E-state index contributed by atoms with van der Waals surface area (Å²) in [7, 11) is 1.54. The van der Waals surface area contributed by atoms with Crippen LogP contribution < -0.4 is 16.2 Å². The lowest BCUT2D eigenvalue weighted by molar-refractivity contribution is -0.109. The first-order chi connectivity index (χ1) is 14.1. The second-order valence-corrected chi connectivity index (χ2v) is 6.44. The zero-order chi connectivity index (χ0) is 20.6. The molecule has 0 spiro atoms. The van der Waals surface area contributed by atoms with Crippen molar-refractivity contribution < 1.29 is 9.59 Å². The van der Waals surface area contributed by atoms with E-state index >= 15 is 0 Å². The molecule has 1 aromatic heterocycles. The van der Waals surface area contributed by atoms with Gasteiger partial charge in [-0.25, -0.2) is 4.68 Å². The molecule has 7 nitrogen and oxygen atoms in total. The highest BCUT2D eigenvalue weighted by Gasteiger charge is 2.24. The number of aryl methyl sites for hydroxylation is 1. The molecule has 7 heteroatoms. The number of aromatic nitrogens is 2. The van der Waals surface area contributed by atoms with Crippen molar-refractivity contribution in [1.82, 2.24) is 20.4 Å². The van der Waals surface area contributed by atoms with E-state index in [0.717, 1.165) is 11.1 Å². The average molecular weight is 390 g/mol. The molecular weight excluding hydrogens is 368 g/mol. The smallest absolute Gasteiger partial charge is 0.280 e. The summed E-state index contributed by atoms with van der Waals surface area (Å²) in [4.78, 5) is 36.2. The normalized spacial score (nSPS) is 10.4. The van der Waals surface area contributed by atoms with Gasteiger partial charge in [0.05, 0.1) is 5.69 Å². The standard InChI is InChI=1S/C22H22N4O3/c1-26-22(29)19(21(28)24-14-8-13-23-15-27)18(16-9-4-2-5-10-16)20(25-26)17-11-6-3-7-12-17/h2-7,9-12,15H,8,13-14H2,1H3,(H,23,27)(H,24,28). The van der Waals surface area contributed by atoms with Crippen LogP contribution in [0.15, 0.2) is 65.5 Å². The molecule has 0 saturated carbocycles. The van der Waals surface area contributed by atoms with Crippen LogP contribution in [0.3, 0.4) is 0 Å². The second-order valence-electron chi connectivity index (χ2n) is 6.44. The van der Waals surface area contributed by atoms with Crippen LogP contribution in [0, 0.1) is 0 Å². The molecule has 0 bridgehead atoms. The van der Waals surface area contributed by atoms with Crippen LogP contribution >= 0.6 is 0 Å². The third-order valence-corrected chi connectivity index (χ3v) is 4.45. The second kappa shape index (κ2) is 9.45. The van der Waals surface area contributed by atoms with Gasteiger partial charge in [0.2, 0.25) is 6.41 Å². The molecule has 0 aliphatic rings. The summed E-state index contributed by atoms with van der Waals surface area (Å²) in [5.74, 6) is -0.463. The highest BCUT2D eigenvalue weighted by molar-refractivity contribution is 6.03. The van der Waals surface area contributed by atoms with Gasteiger partial charge in [-0.05, 0) is 12.0 Å². The molecule has 2 N–H and O–H groups in total. The Morgan fingerprint density at radius 1 is 1.00 bits per heavy atom.